The highest BCUT2D eigenvalue weighted by Gasteiger charge is 2.13. The Morgan fingerprint density at radius 1 is 0.600 bits per heavy atom. The fraction of sp³-hybridized carbons (Fsp3) is 1.00. The van der Waals surface area contributed by atoms with Crippen LogP contribution < -0.4 is 0 Å². The van der Waals surface area contributed by atoms with Crippen LogP contribution >= 0.6 is 0 Å². The van der Waals surface area contributed by atoms with Gasteiger partial charge in [-0.1, -0.05) is 0 Å². The molecule has 0 aliphatic heterocycles. The van der Waals surface area contributed by atoms with Gasteiger partial charge in [0.15, 0.2) is 0 Å². The van der Waals surface area contributed by atoms with Crippen molar-refractivity contribution < 1.29 is 8.97 Å². The second-order valence-electron chi connectivity index (χ2n) is 5.03. The summed E-state index contributed by atoms with van der Waals surface area (Å²) >= 11 is 0. The molecule has 62 valence electrons. The van der Waals surface area contributed by atoms with E-state index in [0.29, 0.717) is 0 Å². The van der Waals surface area contributed by atoms with Crippen molar-refractivity contribution in [2.75, 3.05) is 55.4 Å². The zero-order chi connectivity index (χ0) is 8.41. The third kappa shape index (κ3) is 7.92. The summed E-state index contributed by atoms with van der Waals surface area (Å²) in [4.78, 5) is 0. The van der Waals surface area contributed by atoms with Gasteiger partial charge in [0, 0.05) is 0 Å². The van der Waals surface area contributed by atoms with Crippen LogP contribution in [0.25, 0.3) is 0 Å². The lowest BCUT2D eigenvalue weighted by Crippen LogP contribution is -2.46. The first kappa shape index (κ1) is 9.92. The van der Waals surface area contributed by atoms with Gasteiger partial charge in [0.05, 0.1) is 42.3 Å². The zero-order valence-electron chi connectivity index (χ0n) is 8.31. The van der Waals surface area contributed by atoms with Crippen LogP contribution in [-0.4, -0.2) is 64.3 Å². The molecule has 0 saturated carbocycles. The summed E-state index contributed by atoms with van der Waals surface area (Å²) in [5, 5.41) is 0. The lowest BCUT2D eigenvalue weighted by molar-refractivity contribution is -0.927. The van der Waals surface area contributed by atoms with E-state index >= 15 is 0 Å². The van der Waals surface area contributed by atoms with Crippen molar-refractivity contribution in [1.29, 1.82) is 0 Å². The lowest BCUT2D eigenvalue weighted by atomic mass is 10.4. The average molecular weight is 146 g/mol. The molecule has 0 aromatic heterocycles. The van der Waals surface area contributed by atoms with E-state index in [0.717, 1.165) is 8.97 Å². The second kappa shape index (κ2) is 2.89. The summed E-state index contributed by atoms with van der Waals surface area (Å²) in [7, 11) is 13.4. The molecule has 0 aromatic carbocycles. The van der Waals surface area contributed by atoms with Gasteiger partial charge in [-0.3, -0.25) is 0 Å². The van der Waals surface area contributed by atoms with Crippen LogP contribution in [0.1, 0.15) is 0 Å². The highest BCUT2D eigenvalue weighted by Crippen LogP contribution is 1.94. The fourth-order valence-electron chi connectivity index (χ4n) is 0.600. The zero-order valence-corrected chi connectivity index (χ0v) is 8.31. The molecule has 0 saturated heterocycles. The fourth-order valence-corrected chi connectivity index (χ4v) is 0.600. The first-order chi connectivity index (χ1) is 4.21. The van der Waals surface area contributed by atoms with Crippen molar-refractivity contribution in [3.05, 3.63) is 0 Å². The molecule has 0 N–H and O–H groups in total. The quantitative estimate of drug-likeness (QED) is 0.506. The third-order valence-electron chi connectivity index (χ3n) is 1.44. The Morgan fingerprint density at radius 2 is 0.800 bits per heavy atom. The number of quaternary nitrogens is 2. The van der Waals surface area contributed by atoms with Crippen molar-refractivity contribution in [2.24, 2.45) is 0 Å². The highest BCUT2D eigenvalue weighted by molar-refractivity contribution is 4.26. The summed E-state index contributed by atoms with van der Waals surface area (Å²) in [6, 6.07) is 0. The molecule has 0 heterocycles. The van der Waals surface area contributed by atoms with Crippen LogP contribution in [0.5, 0.6) is 0 Å². The SMILES string of the molecule is C[N+](C)(C)CC[N+](C)(C)C. The predicted octanol–water partition coefficient (Wildman–Crippen LogP) is 0.399. The average Bonchev–Trinajstić information content (AvgIpc) is 1.57. The molecule has 0 aliphatic rings. The van der Waals surface area contributed by atoms with E-state index < -0.39 is 0 Å². The second-order valence-corrected chi connectivity index (χ2v) is 5.03. The van der Waals surface area contributed by atoms with E-state index in [1.54, 1.807) is 0 Å². The van der Waals surface area contributed by atoms with Crippen LogP contribution in [0.4, 0.5) is 0 Å². The van der Waals surface area contributed by atoms with Crippen molar-refractivity contribution in [2.45, 2.75) is 0 Å². The number of hydrogen-bond donors (Lipinski definition) is 0. The van der Waals surface area contributed by atoms with Gasteiger partial charge in [-0.2, -0.15) is 0 Å². The minimum absolute atomic E-state index is 1.06. The standard InChI is InChI=1S/C8H22N2/c1-9(2,3)7-8-10(4,5)6/h7-8H2,1-6H3/q+2. The molecule has 0 aliphatic carbocycles. The topological polar surface area (TPSA) is 0 Å². The van der Waals surface area contributed by atoms with Crippen molar-refractivity contribution in [3.63, 3.8) is 0 Å². The minimum atomic E-state index is 1.06. The number of hydrogen-bond acceptors (Lipinski definition) is 0. The molecule has 2 nitrogen and oxygen atoms in total. The molecule has 0 aromatic rings. The Balaban J connectivity index is 3.56. The van der Waals surface area contributed by atoms with Crippen LogP contribution in [-0.2, 0) is 0 Å². The number of likely N-dealkylation sites (N-methyl/N-ethyl adjacent to an activating group) is 2. The van der Waals surface area contributed by atoms with Crippen LogP contribution in [0.15, 0.2) is 0 Å². The molecule has 0 amide bonds. The van der Waals surface area contributed by atoms with Gasteiger partial charge in [-0.25, -0.2) is 0 Å². The first-order valence-electron chi connectivity index (χ1n) is 3.82. The number of nitrogens with zero attached hydrogens (tertiary/aromatic N) is 2. The lowest BCUT2D eigenvalue weighted by Gasteiger charge is -2.30. The molecule has 0 radical (unpaired) electrons. The molecule has 0 bridgehead atoms. The molecule has 0 unspecified atom stereocenters. The van der Waals surface area contributed by atoms with Crippen LogP contribution in [0.3, 0.4) is 0 Å². The largest absolute Gasteiger partial charge is 0.326 e. The Hall–Kier alpha value is -0.0800. The molecular formula is C8H22N2+2. The maximum Gasteiger partial charge on any atom is 0.128 e. The van der Waals surface area contributed by atoms with Gasteiger partial charge in [0.2, 0.25) is 0 Å². The van der Waals surface area contributed by atoms with E-state index in [4.69, 9.17) is 0 Å². The molecule has 10 heavy (non-hydrogen) atoms. The minimum Gasteiger partial charge on any atom is -0.326 e. The van der Waals surface area contributed by atoms with Crippen molar-refractivity contribution >= 4 is 0 Å². The molecular weight excluding hydrogens is 124 g/mol. The van der Waals surface area contributed by atoms with E-state index in [1.807, 2.05) is 0 Å². The number of rotatable bonds is 3. The summed E-state index contributed by atoms with van der Waals surface area (Å²) in [6.45, 7) is 2.48. The van der Waals surface area contributed by atoms with Gasteiger partial charge in [-0.05, 0) is 0 Å². The van der Waals surface area contributed by atoms with E-state index in [9.17, 15) is 0 Å². The normalized spacial score (nSPS) is 13.8. The summed E-state index contributed by atoms with van der Waals surface area (Å²) in [5.41, 5.74) is 0. The summed E-state index contributed by atoms with van der Waals surface area (Å²) in [5.74, 6) is 0. The monoisotopic (exact) mass is 146 g/mol. The van der Waals surface area contributed by atoms with Gasteiger partial charge < -0.3 is 8.97 Å². The van der Waals surface area contributed by atoms with Crippen molar-refractivity contribution in [1.82, 2.24) is 0 Å². The maximum absolute atomic E-state index is 2.23. The Labute approximate surface area is 65.2 Å². The van der Waals surface area contributed by atoms with Gasteiger partial charge in [0.25, 0.3) is 0 Å². The summed E-state index contributed by atoms with van der Waals surface area (Å²) < 4.78 is 2.13. The van der Waals surface area contributed by atoms with Gasteiger partial charge >= 0.3 is 0 Å². The molecule has 0 fully saturated rings. The predicted molar refractivity (Wildman–Crippen MR) is 45.8 cm³/mol. The molecule has 2 heteroatoms. The Kier molecular flexibility index (Phi) is 2.86. The smallest absolute Gasteiger partial charge is 0.128 e. The molecule has 0 atom stereocenters. The van der Waals surface area contributed by atoms with E-state index in [1.165, 1.54) is 13.1 Å². The van der Waals surface area contributed by atoms with E-state index in [-0.39, 0.29) is 0 Å². The molecule has 0 rings (SSSR count). The van der Waals surface area contributed by atoms with Gasteiger partial charge in [-0.15, -0.1) is 0 Å². The third-order valence-corrected chi connectivity index (χ3v) is 1.44. The first-order valence-corrected chi connectivity index (χ1v) is 3.82. The van der Waals surface area contributed by atoms with Crippen LogP contribution in [0.2, 0.25) is 0 Å². The Bertz CT molecular complexity index is 80.8. The van der Waals surface area contributed by atoms with Crippen molar-refractivity contribution in [3.8, 4) is 0 Å². The summed E-state index contributed by atoms with van der Waals surface area (Å²) in [6.07, 6.45) is 0. The Morgan fingerprint density at radius 3 is 0.900 bits per heavy atom. The van der Waals surface area contributed by atoms with E-state index in [2.05, 4.69) is 42.3 Å². The molecule has 0 spiro atoms. The van der Waals surface area contributed by atoms with Gasteiger partial charge in [0.1, 0.15) is 13.1 Å². The maximum atomic E-state index is 2.23. The van der Waals surface area contributed by atoms with Crippen LogP contribution in [0, 0.1) is 0 Å². The highest BCUT2D eigenvalue weighted by atomic mass is 15.3.